The average molecular weight is 492 g/mol. The highest BCUT2D eigenvalue weighted by Gasteiger charge is 2.07. The van der Waals surface area contributed by atoms with Crippen LogP contribution in [0.25, 0.3) is 0 Å². The average Bonchev–Trinajstić information content (AvgIpc) is 2.80. The van der Waals surface area contributed by atoms with Crippen LogP contribution in [-0.2, 0) is 17.8 Å². The van der Waals surface area contributed by atoms with Crippen LogP contribution >= 0.6 is 15.9 Å². The monoisotopic (exact) mass is 491 g/mol. The second-order valence-electron chi connectivity index (χ2n) is 6.83. The molecule has 0 saturated heterocycles. The zero-order valence-electron chi connectivity index (χ0n) is 17.5. The molecule has 3 aromatic rings. The van der Waals surface area contributed by atoms with Crippen molar-refractivity contribution in [2.45, 2.75) is 20.0 Å². The molecule has 162 valence electrons. The Hall–Kier alpha value is -3.63. The Bertz CT molecular complexity index is 1120. The summed E-state index contributed by atoms with van der Waals surface area (Å²) in [5, 5.41) is 12.9. The van der Waals surface area contributed by atoms with Crippen molar-refractivity contribution in [1.29, 1.82) is 5.26 Å². The molecule has 3 aromatic carbocycles. The van der Waals surface area contributed by atoms with E-state index in [0.29, 0.717) is 30.3 Å². The molecule has 0 aromatic heterocycles. The van der Waals surface area contributed by atoms with E-state index in [0.717, 1.165) is 21.2 Å². The largest absolute Gasteiger partial charge is 0.490 e. The molecule has 6 nitrogen and oxygen atoms in total. The Morgan fingerprint density at radius 2 is 1.75 bits per heavy atom. The van der Waals surface area contributed by atoms with Gasteiger partial charge < -0.3 is 9.47 Å². The number of carbonyl (C=O) groups is 1. The van der Waals surface area contributed by atoms with E-state index in [1.54, 1.807) is 24.4 Å². The lowest BCUT2D eigenvalue weighted by molar-refractivity contribution is -0.120. The van der Waals surface area contributed by atoms with Crippen LogP contribution in [0.4, 0.5) is 0 Å². The first-order valence-corrected chi connectivity index (χ1v) is 10.8. The van der Waals surface area contributed by atoms with Crippen LogP contribution in [0.5, 0.6) is 11.5 Å². The van der Waals surface area contributed by atoms with E-state index in [9.17, 15) is 4.79 Å². The highest BCUT2D eigenvalue weighted by Crippen LogP contribution is 2.29. The fourth-order valence-electron chi connectivity index (χ4n) is 2.84. The van der Waals surface area contributed by atoms with Crippen molar-refractivity contribution < 1.29 is 14.3 Å². The molecular formula is C25H22BrN3O3. The molecule has 0 spiro atoms. The molecule has 0 aliphatic carbocycles. The Balaban J connectivity index is 1.59. The van der Waals surface area contributed by atoms with E-state index < -0.39 is 0 Å². The van der Waals surface area contributed by atoms with Crippen LogP contribution in [0.3, 0.4) is 0 Å². The molecule has 0 bridgehead atoms. The number of nitrogens with one attached hydrogen (secondary N) is 1. The van der Waals surface area contributed by atoms with Crippen LogP contribution in [-0.4, -0.2) is 18.7 Å². The number of hydrazone groups is 1. The van der Waals surface area contributed by atoms with Gasteiger partial charge in [0.15, 0.2) is 11.5 Å². The fourth-order valence-corrected chi connectivity index (χ4v) is 3.10. The van der Waals surface area contributed by atoms with Gasteiger partial charge in [0.2, 0.25) is 5.91 Å². The van der Waals surface area contributed by atoms with Gasteiger partial charge in [-0.05, 0) is 66.1 Å². The van der Waals surface area contributed by atoms with Crippen molar-refractivity contribution in [3.8, 4) is 17.6 Å². The van der Waals surface area contributed by atoms with E-state index in [4.69, 9.17) is 14.7 Å². The molecule has 0 aliphatic rings. The molecule has 32 heavy (non-hydrogen) atoms. The zero-order valence-corrected chi connectivity index (χ0v) is 19.1. The fraction of sp³-hybridized carbons (Fsp3) is 0.160. The Morgan fingerprint density at radius 1 is 1.03 bits per heavy atom. The molecule has 0 aliphatic heterocycles. The van der Waals surface area contributed by atoms with E-state index >= 15 is 0 Å². The molecule has 0 fully saturated rings. The molecule has 1 N–H and O–H groups in total. The van der Waals surface area contributed by atoms with Gasteiger partial charge in [0.1, 0.15) is 6.61 Å². The molecule has 7 heteroatoms. The molecule has 0 atom stereocenters. The molecule has 0 heterocycles. The molecule has 0 unspecified atom stereocenters. The maximum Gasteiger partial charge on any atom is 0.244 e. The smallest absolute Gasteiger partial charge is 0.244 e. The number of halogens is 1. The summed E-state index contributed by atoms with van der Waals surface area (Å²) in [6, 6.07) is 22.3. The predicted molar refractivity (Wildman–Crippen MR) is 127 cm³/mol. The number of hydrogen-bond acceptors (Lipinski definition) is 5. The van der Waals surface area contributed by atoms with Crippen molar-refractivity contribution in [3.05, 3.63) is 93.5 Å². The van der Waals surface area contributed by atoms with Gasteiger partial charge in [-0.15, -0.1) is 0 Å². The van der Waals surface area contributed by atoms with Gasteiger partial charge >= 0.3 is 0 Å². The summed E-state index contributed by atoms with van der Waals surface area (Å²) in [5.41, 5.74) is 5.77. The summed E-state index contributed by atoms with van der Waals surface area (Å²) < 4.78 is 12.6. The van der Waals surface area contributed by atoms with Crippen molar-refractivity contribution in [2.75, 3.05) is 6.61 Å². The summed E-state index contributed by atoms with van der Waals surface area (Å²) >= 11 is 3.37. The van der Waals surface area contributed by atoms with Crippen molar-refractivity contribution in [3.63, 3.8) is 0 Å². The lowest BCUT2D eigenvalue weighted by Crippen LogP contribution is -2.19. The van der Waals surface area contributed by atoms with Crippen LogP contribution in [0.2, 0.25) is 0 Å². The second kappa shape index (κ2) is 11.7. The maximum atomic E-state index is 12.1. The molecule has 1 amide bonds. The summed E-state index contributed by atoms with van der Waals surface area (Å²) in [4.78, 5) is 12.1. The zero-order chi connectivity index (χ0) is 22.8. The molecule has 0 saturated carbocycles. The van der Waals surface area contributed by atoms with Gasteiger partial charge in [-0.1, -0.05) is 40.2 Å². The van der Waals surface area contributed by atoms with E-state index in [1.807, 2.05) is 55.5 Å². The molecule has 3 rings (SSSR count). The van der Waals surface area contributed by atoms with Gasteiger partial charge in [0.05, 0.1) is 30.9 Å². The first-order chi connectivity index (χ1) is 15.6. The minimum atomic E-state index is -0.198. The Labute approximate surface area is 195 Å². The van der Waals surface area contributed by atoms with Crippen LogP contribution < -0.4 is 14.9 Å². The van der Waals surface area contributed by atoms with E-state index in [-0.39, 0.29) is 12.3 Å². The van der Waals surface area contributed by atoms with E-state index in [1.165, 1.54) is 0 Å². The van der Waals surface area contributed by atoms with Gasteiger partial charge in [-0.2, -0.15) is 10.4 Å². The van der Waals surface area contributed by atoms with Crippen LogP contribution in [0.15, 0.2) is 76.3 Å². The summed E-state index contributed by atoms with van der Waals surface area (Å²) in [6.45, 7) is 2.73. The number of benzene rings is 3. The predicted octanol–water partition coefficient (Wildman–Crippen LogP) is 4.99. The second-order valence-corrected chi connectivity index (χ2v) is 7.75. The van der Waals surface area contributed by atoms with Crippen LogP contribution in [0, 0.1) is 11.3 Å². The highest BCUT2D eigenvalue weighted by atomic mass is 79.9. The summed E-state index contributed by atoms with van der Waals surface area (Å²) in [6.07, 6.45) is 1.81. The summed E-state index contributed by atoms with van der Waals surface area (Å²) in [5.74, 6) is 0.995. The topological polar surface area (TPSA) is 83.7 Å². The van der Waals surface area contributed by atoms with Crippen molar-refractivity contribution >= 4 is 28.1 Å². The number of hydrogen-bond donors (Lipinski definition) is 1. The third kappa shape index (κ3) is 6.96. The lowest BCUT2D eigenvalue weighted by Gasteiger charge is -2.12. The first-order valence-electron chi connectivity index (χ1n) is 10.0. The number of ether oxygens (including phenoxy) is 2. The minimum Gasteiger partial charge on any atom is -0.490 e. The Kier molecular flexibility index (Phi) is 8.41. The first kappa shape index (κ1) is 23.0. The number of amides is 1. The van der Waals surface area contributed by atoms with E-state index in [2.05, 4.69) is 32.5 Å². The third-order valence-electron chi connectivity index (χ3n) is 4.43. The quantitative estimate of drug-likeness (QED) is 0.337. The summed E-state index contributed by atoms with van der Waals surface area (Å²) in [7, 11) is 0. The highest BCUT2D eigenvalue weighted by molar-refractivity contribution is 9.10. The van der Waals surface area contributed by atoms with Crippen molar-refractivity contribution in [2.24, 2.45) is 5.10 Å². The number of nitrogens with zero attached hydrogens (tertiary/aromatic N) is 2. The van der Waals surface area contributed by atoms with Gasteiger partial charge in [-0.25, -0.2) is 5.43 Å². The molecular weight excluding hydrogens is 470 g/mol. The number of nitriles is 1. The number of rotatable bonds is 9. The van der Waals surface area contributed by atoms with Crippen LogP contribution in [0.1, 0.15) is 29.2 Å². The standard InChI is InChI=1S/C25H22BrN3O3/c1-2-31-24-13-21(16-28-29-25(30)14-18-7-10-22(26)11-8-18)9-12-23(24)32-17-20-5-3-19(15-27)4-6-20/h3-13,16H,2,14,17H2,1H3,(H,29,30)/b28-16-. The van der Waals surface area contributed by atoms with Gasteiger partial charge in [0.25, 0.3) is 0 Å². The Morgan fingerprint density at radius 3 is 2.44 bits per heavy atom. The normalized spacial score (nSPS) is 10.5. The van der Waals surface area contributed by atoms with Crippen molar-refractivity contribution in [1.82, 2.24) is 5.43 Å². The molecule has 0 radical (unpaired) electrons. The maximum absolute atomic E-state index is 12.1. The lowest BCUT2D eigenvalue weighted by atomic mass is 10.1. The minimum absolute atomic E-state index is 0.198. The third-order valence-corrected chi connectivity index (χ3v) is 4.95. The SMILES string of the molecule is CCOc1cc(/C=N\NC(=O)Cc2ccc(Br)cc2)ccc1OCc1ccc(C#N)cc1. The number of carbonyl (C=O) groups excluding carboxylic acids is 1. The van der Waals surface area contributed by atoms with Gasteiger partial charge in [0, 0.05) is 4.47 Å². The van der Waals surface area contributed by atoms with Gasteiger partial charge in [-0.3, -0.25) is 4.79 Å².